The van der Waals surface area contributed by atoms with Gasteiger partial charge in [-0.1, -0.05) is 17.1 Å². The predicted octanol–water partition coefficient (Wildman–Crippen LogP) is 3.44. The molecule has 0 saturated carbocycles. The lowest BCUT2D eigenvalue weighted by molar-refractivity contribution is 0.628. The summed E-state index contributed by atoms with van der Waals surface area (Å²) in [6, 6.07) is 6.48. The highest BCUT2D eigenvalue weighted by Crippen LogP contribution is 2.17. The van der Waals surface area contributed by atoms with Gasteiger partial charge in [-0.15, -0.1) is 0 Å². The Bertz CT molecular complexity index is 324. The van der Waals surface area contributed by atoms with E-state index in [4.69, 9.17) is 0 Å². The van der Waals surface area contributed by atoms with Gasteiger partial charge in [0.1, 0.15) is 5.82 Å². The number of hydrogen-bond donors (Lipinski definition) is 0. The molecule has 0 amide bonds. The molecule has 0 unspecified atom stereocenters. The number of rotatable bonds is 1. The SMILES string of the molecule is Fc1ccc(N=S2CCCCC2)cc1. The fourth-order valence-corrected chi connectivity index (χ4v) is 3.44. The van der Waals surface area contributed by atoms with Crippen LogP contribution in [0.15, 0.2) is 28.6 Å². The van der Waals surface area contributed by atoms with E-state index in [-0.39, 0.29) is 16.5 Å². The molecular formula is C11H14FNS. The van der Waals surface area contributed by atoms with Crippen LogP contribution in [-0.2, 0) is 10.7 Å². The zero-order chi connectivity index (χ0) is 9.80. The zero-order valence-electron chi connectivity index (χ0n) is 8.08. The van der Waals surface area contributed by atoms with Crippen molar-refractivity contribution in [3.63, 3.8) is 0 Å². The van der Waals surface area contributed by atoms with Crippen LogP contribution in [-0.4, -0.2) is 11.5 Å². The van der Waals surface area contributed by atoms with E-state index in [1.807, 2.05) is 0 Å². The largest absolute Gasteiger partial charge is 0.228 e. The Kier molecular flexibility index (Phi) is 3.30. The molecule has 1 heterocycles. The van der Waals surface area contributed by atoms with Gasteiger partial charge in [0, 0.05) is 11.5 Å². The summed E-state index contributed by atoms with van der Waals surface area (Å²) in [5, 5.41) is 0. The van der Waals surface area contributed by atoms with Gasteiger partial charge in [-0.05, 0) is 37.1 Å². The van der Waals surface area contributed by atoms with E-state index in [0.29, 0.717) is 0 Å². The predicted molar refractivity (Wildman–Crippen MR) is 59.4 cm³/mol. The third-order valence-corrected chi connectivity index (χ3v) is 4.31. The minimum Gasteiger partial charge on any atom is -0.228 e. The fourth-order valence-electron chi connectivity index (χ4n) is 1.56. The van der Waals surface area contributed by atoms with Gasteiger partial charge in [0.05, 0.1) is 5.69 Å². The Morgan fingerprint density at radius 1 is 1.00 bits per heavy atom. The van der Waals surface area contributed by atoms with Gasteiger partial charge in [-0.3, -0.25) is 0 Å². The van der Waals surface area contributed by atoms with Crippen molar-refractivity contribution in [2.45, 2.75) is 19.3 Å². The van der Waals surface area contributed by atoms with E-state index < -0.39 is 0 Å². The van der Waals surface area contributed by atoms with E-state index in [2.05, 4.69) is 4.36 Å². The van der Waals surface area contributed by atoms with Crippen LogP contribution < -0.4 is 0 Å². The van der Waals surface area contributed by atoms with Gasteiger partial charge in [0.25, 0.3) is 0 Å². The second-order valence-electron chi connectivity index (χ2n) is 3.50. The summed E-state index contributed by atoms with van der Waals surface area (Å²) in [5.74, 6) is 2.25. The van der Waals surface area contributed by atoms with E-state index >= 15 is 0 Å². The maximum absolute atomic E-state index is 12.6. The number of halogens is 1. The number of hydrogen-bond acceptors (Lipinski definition) is 1. The molecule has 0 N–H and O–H groups in total. The lowest BCUT2D eigenvalue weighted by Crippen LogP contribution is -2.08. The first-order valence-electron chi connectivity index (χ1n) is 4.99. The smallest absolute Gasteiger partial charge is 0.123 e. The maximum Gasteiger partial charge on any atom is 0.123 e. The van der Waals surface area contributed by atoms with Crippen LogP contribution in [0.3, 0.4) is 0 Å². The summed E-state index contributed by atoms with van der Waals surface area (Å²) >= 11 is 0. The van der Waals surface area contributed by atoms with Crippen LogP contribution >= 0.6 is 0 Å². The summed E-state index contributed by atoms with van der Waals surface area (Å²) < 4.78 is 17.2. The van der Waals surface area contributed by atoms with Crippen molar-refractivity contribution < 1.29 is 4.39 Å². The monoisotopic (exact) mass is 211 g/mol. The Hall–Kier alpha value is -0.700. The van der Waals surface area contributed by atoms with Crippen molar-refractivity contribution in [2.75, 3.05) is 11.5 Å². The van der Waals surface area contributed by atoms with Gasteiger partial charge in [0.15, 0.2) is 0 Å². The molecular weight excluding hydrogens is 197 g/mol. The van der Waals surface area contributed by atoms with E-state index in [1.54, 1.807) is 12.1 Å². The van der Waals surface area contributed by atoms with Crippen molar-refractivity contribution in [2.24, 2.45) is 4.36 Å². The van der Waals surface area contributed by atoms with Gasteiger partial charge < -0.3 is 0 Å². The van der Waals surface area contributed by atoms with Gasteiger partial charge in [-0.25, -0.2) is 8.75 Å². The molecule has 1 aromatic rings. The molecule has 0 spiro atoms. The standard InChI is InChI=1S/C11H14FNS/c12-10-4-6-11(7-5-10)13-14-8-2-1-3-9-14/h4-7H,1-3,8-9H2. The van der Waals surface area contributed by atoms with Crippen LogP contribution in [0.2, 0.25) is 0 Å². The Balaban J connectivity index is 2.11. The minimum atomic E-state index is -0.184. The third kappa shape index (κ3) is 2.64. The molecule has 0 aliphatic carbocycles. The third-order valence-electron chi connectivity index (χ3n) is 2.32. The quantitative estimate of drug-likeness (QED) is 0.674. The first-order valence-corrected chi connectivity index (χ1v) is 6.51. The van der Waals surface area contributed by atoms with Crippen LogP contribution in [0.1, 0.15) is 19.3 Å². The highest BCUT2D eigenvalue weighted by atomic mass is 32.2. The van der Waals surface area contributed by atoms with Crippen molar-refractivity contribution in [1.29, 1.82) is 0 Å². The summed E-state index contributed by atoms with van der Waals surface area (Å²) in [5.41, 5.74) is 0.927. The molecule has 0 aromatic heterocycles. The average Bonchev–Trinajstić information content (AvgIpc) is 2.23. The molecule has 0 radical (unpaired) electrons. The van der Waals surface area contributed by atoms with Crippen molar-refractivity contribution >= 4 is 16.4 Å². The number of nitrogens with zero attached hydrogens (tertiary/aromatic N) is 1. The van der Waals surface area contributed by atoms with Crippen molar-refractivity contribution in [3.05, 3.63) is 30.1 Å². The molecule has 1 aromatic carbocycles. The summed E-state index contributed by atoms with van der Waals surface area (Å²) in [6.45, 7) is 0. The normalized spacial score (nSPS) is 18.1. The highest BCUT2D eigenvalue weighted by molar-refractivity contribution is 7.87. The molecule has 3 heteroatoms. The molecule has 1 aliphatic heterocycles. The second-order valence-corrected chi connectivity index (χ2v) is 5.42. The molecule has 76 valence electrons. The Morgan fingerprint density at radius 3 is 2.29 bits per heavy atom. The van der Waals surface area contributed by atoms with Crippen molar-refractivity contribution in [3.8, 4) is 0 Å². The second kappa shape index (κ2) is 4.69. The van der Waals surface area contributed by atoms with Gasteiger partial charge >= 0.3 is 0 Å². The Morgan fingerprint density at radius 2 is 1.64 bits per heavy atom. The van der Waals surface area contributed by atoms with E-state index in [0.717, 1.165) is 5.69 Å². The first-order chi connectivity index (χ1) is 6.84. The van der Waals surface area contributed by atoms with E-state index in [1.165, 1.54) is 42.9 Å². The van der Waals surface area contributed by atoms with Crippen LogP contribution in [0.4, 0.5) is 10.1 Å². The molecule has 1 saturated heterocycles. The average molecular weight is 211 g/mol. The van der Waals surface area contributed by atoms with E-state index in [9.17, 15) is 4.39 Å². The molecule has 0 atom stereocenters. The van der Waals surface area contributed by atoms with Gasteiger partial charge in [-0.2, -0.15) is 0 Å². The minimum absolute atomic E-state index is 0.184. The topological polar surface area (TPSA) is 12.4 Å². The van der Waals surface area contributed by atoms with Crippen LogP contribution in [0, 0.1) is 5.82 Å². The van der Waals surface area contributed by atoms with Crippen molar-refractivity contribution in [1.82, 2.24) is 0 Å². The molecule has 14 heavy (non-hydrogen) atoms. The zero-order valence-corrected chi connectivity index (χ0v) is 8.89. The summed E-state index contributed by atoms with van der Waals surface area (Å²) in [7, 11) is 0.200. The fraction of sp³-hybridized carbons (Fsp3) is 0.455. The molecule has 0 bridgehead atoms. The number of benzene rings is 1. The highest BCUT2D eigenvalue weighted by Gasteiger charge is 2.04. The van der Waals surface area contributed by atoms with Gasteiger partial charge in [0.2, 0.25) is 0 Å². The lowest BCUT2D eigenvalue weighted by Gasteiger charge is -2.13. The Labute approximate surface area is 86.4 Å². The summed E-state index contributed by atoms with van der Waals surface area (Å²) in [6.07, 6.45) is 3.95. The van der Waals surface area contributed by atoms with Crippen LogP contribution in [0.25, 0.3) is 0 Å². The summed E-state index contributed by atoms with van der Waals surface area (Å²) in [4.78, 5) is 0. The molecule has 1 fully saturated rings. The molecule has 1 nitrogen and oxygen atoms in total. The first kappa shape index (κ1) is 9.84. The lowest BCUT2D eigenvalue weighted by atomic mass is 10.3. The van der Waals surface area contributed by atoms with Crippen LogP contribution in [0.5, 0.6) is 0 Å². The molecule has 2 rings (SSSR count). The molecule has 1 aliphatic rings. The maximum atomic E-state index is 12.6.